The number of H-pyrrole nitrogens is 1. The van der Waals surface area contributed by atoms with Crippen molar-refractivity contribution in [2.75, 3.05) is 14.2 Å². The number of hydrogen-bond acceptors (Lipinski definition) is 5. The fraction of sp³-hybridized carbons (Fsp3) is 0.105. The van der Waals surface area contributed by atoms with Gasteiger partial charge in [0.25, 0.3) is 5.91 Å². The van der Waals surface area contributed by atoms with E-state index in [4.69, 9.17) is 32.7 Å². The predicted octanol–water partition coefficient (Wildman–Crippen LogP) is 4.16. The highest BCUT2D eigenvalue weighted by molar-refractivity contribution is 6.36. The molecule has 1 amide bonds. The molecule has 0 spiro atoms. The second-order valence-electron chi connectivity index (χ2n) is 5.60. The maximum absolute atomic E-state index is 12.2. The molecule has 0 fully saturated rings. The van der Waals surface area contributed by atoms with Crippen LogP contribution in [-0.4, -0.2) is 36.5 Å². The van der Waals surface area contributed by atoms with E-state index in [2.05, 4.69) is 20.7 Å². The summed E-state index contributed by atoms with van der Waals surface area (Å²) in [6, 6.07) is 11.9. The van der Waals surface area contributed by atoms with Crippen molar-refractivity contribution in [2.45, 2.75) is 0 Å². The van der Waals surface area contributed by atoms with Gasteiger partial charge in [0.1, 0.15) is 5.69 Å². The Bertz CT molecular complexity index is 1030. The van der Waals surface area contributed by atoms with Crippen molar-refractivity contribution in [1.82, 2.24) is 15.6 Å². The number of carbonyl (C=O) groups excluding carboxylic acids is 1. The molecule has 28 heavy (non-hydrogen) atoms. The predicted molar refractivity (Wildman–Crippen MR) is 109 cm³/mol. The molecule has 0 radical (unpaired) electrons. The van der Waals surface area contributed by atoms with Crippen LogP contribution in [0.25, 0.3) is 11.3 Å². The molecular formula is C19H16Cl2N4O3. The van der Waals surface area contributed by atoms with Gasteiger partial charge in [-0.2, -0.15) is 10.2 Å². The Kier molecular flexibility index (Phi) is 6.18. The first-order valence-corrected chi connectivity index (χ1v) is 8.83. The van der Waals surface area contributed by atoms with Gasteiger partial charge in [-0.25, -0.2) is 5.43 Å². The topological polar surface area (TPSA) is 88.6 Å². The Morgan fingerprint density at radius 2 is 1.89 bits per heavy atom. The van der Waals surface area contributed by atoms with E-state index in [1.54, 1.807) is 56.7 Å². The van der Waals surface area contributed by atoms with Crippen LogP contribution in [0.3, 0.4) is 0 Å². The van der Waals surface area contributed by atoms with Crippen LogP contribution >= 0.6 is 23.2 Å². The van der Waals surface area contributed by atoms with Gasteiger partial charge in [0.05, 0.1) is 31.2 Å². The van der Waals surface area contributed by atoms with Gasteiger partial charge in [0, 0.05) is 10.6 Å². The third-order valence-corrected chi connectivity index (χ3v) is 4.36. The number of benzene rings is 2. The number of rotatable bonds is 6. The van der Waals surface area contributed by atoms with E-state index in [0.29, 0.717) is 32.8 Å². The van der Waals surface area contributed by atoms with Crippen LogP contribution in [-0.2, 0) is 0 Å². The number of nitrogens with one attached hydrogen (secondary N) is 2. The average molecular weight is 419 g/mol. The molecule has 0 saturated heterocycles. The zero-order valence-corrected chi connectivity index (χ0v) is 16.5. The number of hydrazone groups is 1. The van der Waals surface area contributed by atoms with Gasteiger partial charge in [0.2, 0.25) is 0 Å². The van der Waals surface area contributed by atoms with Gasteiger partial charge in [-0.05, 0) is 48.0 Å². The highest BCUT2D eigenvalue weighted by Crippen LogP contribution is 2.29. The van der Waals surface area contributed by atoms with Crippen molar-refractivity contribution in [3.63, 3.8) is 0 Å². The fourth-order valence-electron chi connectivity index (χ4n) is 2.43. The lowest BCUT2D eigenvalue weighted by atomic mass is 10.1. The molecule has 0 aliphatic heterocycles. The highest BCUT2D eigenvalue weighted by atomic mass is 35.5. The van der Waals surface area contributed by atoms with E-state index in [9.17, 15) is 4.79 Å². The molecule has 0 saturated carbocycles. The number of amides is 1. The van der Waals surface area contributed by atoms with E-state index in [1.807, 2.05) is 0 Å². The summed E-state index contributed by atoms with van der Waals surface area (Å²) in [6.45, 7) is 0. The summed E-state index contributed by atoms with van der Waals surface area (Å²) in [5.74, 6) is 0.728. The fourth-order valence-corrected chi connectivity index (χ4v) is 2.94. The number of halogens is 2. The summed E-state index contributed by atoms with van der Waals surface area (Å²) in [7, 11) is 3.10. The Balaban J connectivity index is 1.69. The molecule has 0 bridgehead atoms. The molecule has 0 aliphatic rings. The lowest BCUT2D eigenvalue weighted by molar-refractivity contribution is 0.0950. The number of hydrogen-bond donors (Lipinski definition) is 2. The molecular weight excluding hydrogens is 403 g/mol. The molecule has 0 aliphatic carbocycles. The molecule has 1 aromatic heterocycles. The lowest BCUT2D eigenvalue weighted by Crippen LogP contribution is -2.18. The molecule has 0 atom stereocenters. The molecule has 2 aromatic carbocycles. The standard InChI is InChI=1S/C19H16Cl2N4O3/c1-27-17-6-3-11(7-18(17)28-2)10-22-25-19(26)16-9-15(23-24-16)13-5-4-12(20)8-14(13)21/h3-10H,1-2H3,(H,23,24)(H,25,26)/b22-10+. The molecule has 1 heterocycles. The Hall–Kier alpha value is -3.03. The maximum Gasteiger partial charge on any atom is 0.289 e. The van der Waals surface area contributed by atoms with Crippen molar-refractivity contribution >= 4 is 35.3 Å². The number of nitrogens with zero attached hydrogens (tertiary/aromatic N) is 2. The van der Waals surface area contributed by atoms with Crippen molar-refractivity contribution in [2.24, 2.45) is 5.10 Å². The molecule has 3 rings (SSSR count). The zero-order valence-electron chi connectivity index (χ0n) is 15.0. The largest absolute Gasteiger partial charge is 0.493 e. The van der Waals surface area contributed by atoms with Crippen molar-refractivity contribution in [3.05, 3.63) is 63.8 Å². The normalized spacial score (nSPS) is 10.9. The van der Waals surface area contributed by atoms with Crippen LogP contribution in [0.1, 0.15) is 16.1 Å². The number of carbonyl (C=O) groups is 1. The lowest BCUT2D eigenvalue weighted by Gasteiger charge is -2.07. The van der Waals surface area contributed by atoms with Crippen LogP contribution in [0.5, 0.6) is 11.5 Å². The third kappa shape index (κ3) is 4.44. The summed E-state index contributed by atoms with van der Waals surface area (Å²) in [6.07, 6.45) is 1.49. The first kappa shape index (κ1) is 19.7. The summed E-state index contributed by atoms with van der Waals surface area (Å²) >= 11 is 12.1. The summed E-state index contributed by atoms with van der Waals surface area (Å²) < 4.78 is 10.4. The molecule has 9 heteroatoms. The van der Waals surface area contributed by atoms with Crippen molar-refractivity contribution < 1.29 is 14.3 Å². The number of aromatic amines is 1. The van der Waals surface area contributed by atoms with Gasteiger partial charge in [-0.3, -0.25) is 9.89 Å². The van der Waals surface area contributed by atoms with Crippen LogP contribution in [0.15, 0.2) is 47.6 Å². The molecule has 0 unspecified atom stereocenters. The van der Waals surface area contributed by atoms with E-state index in [-0.39, 0.29) is 5.69 Å². The average Bonchev–Trinajstić information content (AvgIpc) is 3.17. The second-order valence-corrected chi connectivity index (χ2v) is 6.45. The van der Waals surface area contributed by atoms with Crippen molar-refractivity contribution in [3.8, 4) is 22.8 Å². The molecule has 144 valence electrons. The van der Waals surface area contributed by atoms with E-state index >= 15 is 0 Å². The number of methoxy groups -OCH3 is 2. The smallest absolute Gasteiger partial charge is 0.289 e. The van der Waals surface area contributed by atoms with Crippen LogP contribution in [0.2, 0.25) is 10.0 Å². The number of ether oxygens (including phenoxy) is 2. The maximum atomic E-state index is 12.2. The zero-order chi connectivity index (χ0) is 20.1. The minimum atomic E-state index is -0.444. The van der Waals surface area contributed by atoms with Crippen LogP contribution < -0.4 is 14.9 Å². The van der Waals surface area contributed by atoms with Crippen molar-refractivity contribution in [1.29, 1.82) is 0 Å². The molecule has 7 nitrogen and oxygen atoms in total. The SMILES string of the molecule is COc1ccc(/C=N/NC(=O)c2cc(-c3ccc(Cl)cc3Cl)n[nH]2)cc1OC. The van der Waals surface area contributed by atoms with Gasteiger partial charge >= 0.3 is 0 Å². The van der Waals surface area contributed by atoms with E-state index in [0.717, 1.165) is 5.56 Å². The van der Waals surface area contributed by atoms with Crippen LogP contribution in [0.4, 0.5) is 0 Å². The Labute approximate surface area is 171 Å². The molecule has 2 N–H and O–H groups in total. The summed E-state index contributed by atoms with van der Waals surface area (Å²) in [5, 5.41) is 11.7. The van der Waals surface area contributed by atoms with Gasteiger partial charge in [-0.15, -0.1) is 0 Å². The minimum Gasteiger partial charge on any atom is -0.493 e. The highest BCUT2D eigenvalue weighted by Gasteiger charge is 2.13. The molecule has 3 aromatic rings. The van der Waals surface area contributed by atoms with Gasteiger partial charge < -0.3 is 9.47 Å². The van der Waals surface area contributed by atoms with Crippen LogP contribution in [0, 0.1) is 0 Å². The van der Waals surface area contributed by atoms with Gasteiger partial charge in [-0.1, -0.05) is 23.2 Å². The quantitative estimate of drug-likeness (QED) is 0.464. The third-order valence-electron chi connectivity index (χ3n) is 3.82. The monoisotopic (exact) mass is 418 g/mol. The first-order valence-electron chi connectivity index (χ1n) is 8.08. The number of aromatic nitrogens is 2. The van der Waals surface area contributed by atoms with E-state index in [1.165, 1.54) is 6.21 Å². The summed E-state index contributed by atoms with van der Waals surface area (Å²) in [4.78, 5) is 12.2. The summed E-state index contributed by atoms with van der Waals surface area (Å²) in [5.41, 5.74) is 4.59. The second kappa shape index (κ2) is 8.77. The Morgan fingerprint density at radius 3 is 2.61 bits per heavy atom. The minimum absolute atomic E-state index is 0.241. The Morgan fingerprint density at radius 1 is 1.11 bits per heavy atom. The van der Waals surface area contributed by atoms with E-state index < -0.39 is 5.91 Å². The first-order chi connectivity index (χ1) is 13.5. The van der Waals surface area contributed by atoms with Gasteiger partial charge in [0.15, 0.2) is 11.5 Å².